The fourth-order valence-corrected chi connectivity index (χ4v) is 5.25. The molecule has 10 heteroatoms. The van der Waals surface area contributed by atoms with Crippen molar-refractivity contribution in [1.29, 1.82) is 0 Å². The van der Waals surface area contributed by atoms with Crippen molar-refractivity contribution in [1.82, 2.24) is 34.5 Å². The van der Waals surface area contributed by atoms with E-state index >= 15 is 0 Å². The standard InChI is InChI=1S/C30H25ClN8O/c1-4-6-9-20(5-2)39-21(13-18-8-7-10-23(31)25(18)30(39)40)15-38-29-26(28(32)33-16-34-29)27(37-38)19-11-12-22-17(3)35-36-24(22)14-19/h4-14,16H,2,15H2,1,3H3,(H,35,36)(H2,32,33,34)/b6-4-,20-9+. The minimum absolute atomic E-state index is 0.218. The smallest absolute Gasteiger partial charge is 0.264 e. The Morgan fingerprint density at radius 3 is 2.83 bits per heavy atom. The molecule has 0 spiro atoms. The Labute approximate surface area is 233 Å². The van der Waals surface area contributed by atoms with Crippen molar-refractivity contribution < 1.29 is 0 Å². The monoisotopic (exact) mass is 548 g/mol. The summed E-state index contributed by atoms with van der Waals surface area (Å²) in [5.41, 5.74) is 11.2. The number of nitrogens with one attached hydrogen (secondary N) is 1. The number of nitrogen functional groups attached to an aromatic ring is 1. The van der Waals surface area contributed by atoms with Gasteiger partial charge in [0.1, 0.15) is 17.8 Å². The lowest BCUT2D eigenvalue weighted by atomic mass is 10.1. The molecular weight excluding hydrogens is 524 g/mol. The van der Waals surface area contributed by atoms with Gasteiger partial charge >= 0.3 is 0 Å². The molecule has 0 aliphatic heterocycles. The van der Waals surface area contributed by atoms with Crippen molar-refractivity contribution in [3.05, 3.63) is 106 Å². The fraction of sp³-hybridized carbons (Fsp3) is 0.100. The molecule has 40 heavy (non-hydrogen) atoms. The third-order valence-electron chi connectivity index (χ3n) is 6.89. The summed E-state index contributed by atoms with van der Waals surface area (Å²) in [6, 6.07) is 13.3. The molecule has 198 valence electrons. The Bertz CT molecular complexity index is 2080. The first-order valence-electron chi connectivity index (χ1n) is 12.6. The average molecular weight is 549 g/mol. The van der Waals surface area contributed by atoms with Crippen LogP contribution in [0, 0.1) is 6.92 Å². The highest BCUT2D eigenvalue weighted by atomic mass is 35.5. The summed E-state index contributed by atoms with van der Waals surface area (Å²) < 4.78 is 3.35. The van der Waals surface area contributed by atoms with Crippen LogP contribution >= 0.6 is 11.6 Å². The largest absolute Gasteiger partial charge is 0.383 e. The minimum atomic E-state index is -0.251. The van der Waals surface area contributed by atoms with E-state index in [-0.39, 0.29) is 12.1 Å². The van der Waals surface area contributed by atoms with Crippen LogP contribution in [0.5, 0.6) is 0 Å². The van der Waals surface area contributed by atoms with Crippen LogP contribution in [0.2, 0.25) is 5.02 Å². The maximum absolute atomic E-state index is 13.9. The summed E-state index contributed by atoms with van der Waals surface area (Å²) >= 11 is 6.48. The van der Waals surface area contributed by atoms with Gasteiger partial charge in [-0.15, -0.1) is 0 Å². The number of nitrogens with zero attached hydrogens (tertiary/aromatic N) is 6. The summed E-state index contributed by atoms with van der Waals surface area (Å²) in [5.74, 6) is 0.312. The van der Waals surface area contributed by atoms with Gasteiger partial charge in [0, 0.05) is 28.0 Å². The van der Waals surface area contributed by atoms with Crippen LogP contribution in [0.25, 0.3) is 49.7 Å². The number of fused-ring (bicyclic) bond motifs is 3. The van der Waals surface area contributed by atoms with Crippen LogP contribution < -0.4 is 11.3 Å². The second kappa shape index (κ2) is 9.94. The molecule has 4 heterocycles. The van der Waals surface area contributed by atoms with Crippen LogP contribution in [0.4, 0.5) is 5.82 Å². The van der Waals surface area contributed by atoms with Gasteiger partial charge in [0.25, 0.3) is 5.56 Å². The summed E-state index contributed by atoms with van der Waals surface area (Å²) in [4.78, 5) is 22.6. The Morgan fingerprint density at radius 2 is 2.02 bits per heavy atom. The molecule has 3 N–H and O–H groups in total. The lowest BCUT2D eigenvalue weighted by Gasteiger charge is -2.16. The summed E-state index contributed by atoms with van der Waals surface area (Å²) in [6.07, 6.45) is 8.61. The number of aromatic amines is 1. The number of aryl methyl sites for hydroxylation is 1. The second-order valence-corrected chi connectivity index (χ2v) is 9.75. The summed E-state index contributed by atoms with van der Waals surface area (Å²) in [7, 11) is 0. The number of benzene rings is 2. The Hall–Kier alpha value is -5.02. The predicted molar refractivity (Wildman–Crippen MR) is 161 cm³/mol. The molecule has 0 radical (unpaired) electrons. The van der Waals surface area contributed by atoms with Gasteiger partial charge < -0.3 is 5.73 Å². The number of hydrogen-bond acceptors (Lipinski definition) is 6. The Balaban J connectivity index is 1.59. The molecule has 2 aromatic carbocycles. The molecule has 0 amide bonds. The van der Waals surface area contributed by atoms with Gasteiger partial charge in [0.15, 0.2) is 5.65 Å². The maximum Gasteiger partial charge on any atom is 0.264 e. The SMILES string of the molecule is C=C/C(=C\C=C/C)n1c(Cn2nc(-c3ccc4c(C)[nH]nc4c3)c3c(N)ncnc32)cc2cccc(Cl)c2c1=O. The van der Waals surface area contributed by atoms with E-state index in [4.69, 9.17) is 22.4 Å². The Morgan fingerprint density at radius 1 is 1.18 bits per heavy atom. The number of hydrogen-bond donors (Lipinski definition) is 2. The van der Waals surface area contributed by atoms with Gasteiger partial charge in [0.2, 0.25) is 0 Å². The predicted octanol–water partition coefficient (Wildman–Crippen LogP) is 5.88. The van der Waals surface area contributed by atoms with E-state index in [1.807, 2.05) is 68.5 Å². The van der Waals surface area contributed by atoms with E-state index in [1.165, 1.54) is 6.33 Å². The first kappa shape index (κ1) is 25.3. The molecule has 6 aromatic rings. The van der Waals surface area contributed by atoms with Crippen molar-refractivity contribution in [2.24, 2.45) is 0 Å². The highest BCUT2D eigenvalue weighted by molar-refractivity contribution is 6.35. The first-order chi connectivity index (χ1) is 19.4. The van der Waals surface area contributed by atoms with Crippen molar-refractivity contribution in [3.63, 3.8) is 0 Å². The van der Waals surface area contributed by atoms with Crippen LogP contribution in [-0.2, 0) is 6.54 Å². The maximum atomic E-state index is 13.9. The van der Waals surface area contributed by atoms with Gasteiger partial charge in [-0.05, 0) is 49.6 Å². The number of H-pyrrole nitrogens is 1. The second-order valence-electron chi connectivity index (χ2n) is 9.35. The lowest BCUT2D eigenvalue weighted by molar-refractivity contribution is 0.676. The molecule has 0 atom stereocenters. The van der Waals surface area contributed by atoms with E-state index in [1.54, 1.807) is 21.4 Å². The number of allylic oxidation sites excluding steroid dienone is 5. The Kier molecular flexibility index (Phi) is 6.28. The summed E-state index contributed by atoms with van der Waals surface area (Å²) in [5, 5.41) is 15.6. The molecule has 9 nitrogen and oxygen atoms in total. The third kappa shape index (κ3) is 4.07. The van der Waals surface area contributed by atoms with Gasteiger partial charge in [-0.25, -0.2) is 14.6 Å². The zero-order valence-corrected chi connectivity index (χ0v) is 22.6. The van der Waals surface area contributed by atoms with Crippen LogP contribution in [-0.4, -0.2) is 34.5 Å². The zero-order chi connectivity index (χ0) is 28.0. The third-order valence-corrected chi connectivity index (χ3v) is 7.20. The highest BCUT2D eigenvalue weighted by Crippen LogP contribution is 2.33. The van der Waals surface area contributed by atoms with Crippen molar-refractivity contribution in [2.45, 2.75) is 20.4 Å². The molecule has 0 saturated carbocycles. The number of halogens is 1. The molecule has 6 rings (SSSR count). The van der Waals surface area contributed by atoms with Crippen molar-refractivity contribution >= 4 is 55.8 Å². The van der Waals surface area contributed by atoms with E-state index < -0.39 is 0 Å². The quantitative estimate of drug-likeness (QED) is 0.251. The number of aromatic nitrogens is 7. The van der Waals surface area contributed by atoms with E-state index in [0.29, 0.717) is 44.3 Å². The minimum Gasteiger partial charge on any atom is -0.383 e. The molecule has 0 aliphatic rings. The van der Waals surface area contributed by atoms with Gasteiger partial charge in [0.05, 0.1) is 27.9 Å². The number of rotatable bonds is 6. The van der Waals surface area contributed by atoms with Crippen LogP contribution in [0.1, 0.15) is 18.3 Å². The van der Waals surface area contributed by atoms with Crippen LogP contribution in [0.15, 0.2) is 84.5 Å². The highest BCUT2D eigenvalue weighted by Gasteiger charge is 2.20. The number of pyridine rings is 1. The van der Waals surface area contributed by atoms with Crippen molar-refractivity contribution in [3.8, 4) is 11.3 Å². The van der Waals surface area contributed by atoms with Gasteiger partial charge in [-0.1, -0.05) is 54.6 Å². The number of anilines is 1. The fourth-order valence-electron chi connectivity index (χ4n) is 4.99. The van der Waals surface area contributed by atoms with Gasteiger partial charge in [-0.2, -0.15) is 10.2 Å². The molecule has 0 aliphatic carbocycles. The molecule has 4 aromatic heterocycles. The topological polar surface area (TPSA) is 120 Å². The van der Waals surface area contributed by atoms with Crippen molar-refractivity contribution in [2.75, 3.05) is 5.73 Å². The molecule has 0 unspecified atom stereocenters. The number of nitrogens with two attached hydrogens (primary N) is 1. The molecule has 0 fully saturated rings. The molecule has 0 saturated heterocycles. The summed E-state index contributed by atoms with van der Waals surface area (Å²) in [6.45, 7) is 8.05. The lowest BCUT2D eigenvalue weighted by Crippen LogP contribution is -2.24. The van der Waals surface area contributed by atoms with E-state index in [9.17, 15) is 4.79 Å². The van der Waals surface area contributed by atoms with E-state index in [0.717, 1.165) is 27.5 Å². The average Bonchev–Trinajstić information content (AvgIpc) is 3.51. The zero-order valence-electron chi connectivity index (χ0n) is 21.9. The van der Waals surface area contributed by atoms with Crippen LogP contribution in [0.3, 0.4) is 0 Å². The molecular formula is C30H25ClN8O. The van der Waals surface area contributed by atoms with Gasteiger partial charge in [-0.3, -0.25) is 14.5 Å². The molecule has 0 bridgehead atoms. The normalized spacial score (nSPS) is 12.3. The first-order valence-corrected chi connectivity index (χ1v) is 13.0. The van der Waals surface area contributed by atoms with E-state index in [2.05, 4.69) is 26.7 Å².